The fourth-order valence-electron chi connectivity index (χ4n) is 4.01. The number of anilines is 1. The molecule has 160 valence electrons. The van der Waals surface area contributed by atoms with Crippen molar-refractivity contribution in [2.24, 2.45) is 0 Å². The Morgan fingerprint density at radius 1 is 0.806 bits per heavy atom. The first-order chi connectivity index (χ1) is 15.1. The molecule has 4 aromatic carbocycles. The highest BCUT2D eigenvalue weighted by Gasteiger charge is 2.39. The van der Waals surface area contributed by atoms with Gasteiger partial charge in [-0.3, -0.25) is 4.57 Å². The Balaban J connectivity index is 2.01. The maximum atomic E-state index is 14.2. The molecule has 0 heterocycles. The molecule has 1 N–H and O–H groups in total. The van der Waals surface area contributed by atoms with E-state index in [2.05, 4.69) is 35.6 Å². The maximum absolute atomic E-state index is 14.2. The standard InChI is InChI=1S/C26H28NO3P/c1-4-29-31(28,30-5-2)26(27-22-16-14-19(3)15-17-22)25-23-12-8-6-10-20(23)18-21-11-7-9-13-24(21)25/h6-18,26-27H,4-5H2,1-3H3. The second-order valence-electron chi connectivity index (χ2n) is 7.52. The van der Waals surface area contributed by atoms with Gasteiger partial charge in [0.2, 0.25) is 0 Å². The fourth-order valence-corrected chi connectivity index (χ4v) is 6.00. The molecule has 0 spiro atoms. The summed E-state index contributed by atoms with van der Waals surface area (Å²) in [5.74, 6) is -0.661. The van der Waals surface area contributed by atoms with Gasteiger partial charge in [0.05, 0.1) is 13.2 Å². The summed E-state index contributed by atoms with van der Waals surface area (Å²) in [6, 6.07) is 26.6. The van der Waals surface area contributed by atoms with Gasteiger partial charge >= 0.3 is 7.60 Å². The lowest BCUT2D eigenvalue weighted by atomic mass is 9.96. The fraction of sp³-hybridized carbons (Fsp3) is 0.231. The van der Waals surface area contributed by atoms with Crippen LogP contribution < -0.4 is 5.32 Å². The molecule has 0 fully saturated rings. The topological polar surface area (TPSA) is 47.6 Å². The van der Waals surface area contributed by atoms with Crippen LogP contribution in [-0.4, -0.2) is 13.2 Å². The van der Waals surface area contributed by atoms with E-state index in [1.807, 2.05) is 69.3 Å². The summed E-state index contributed by atoms with van der Waals surface area (Å²) in [4.78, 5) is 0. The molecular weight excluding hydrogens is 405 g/mol. The van der Waals surface area contributed by atoms with Gasteiger partial charge in [0.25, 0.3) is 0 Å². The van der Waals surface area contributed by atoms with E-state index in [9.17, 15) is 4.57 Å². The van der Waals surface area contributed by atoms with Crippen molar-refractivity contribution < 1.29 is 13.6 Å². The van der Waals surface area contributed by atoms with Gasteiger partial charge < -0.3 is 14.4 Å². The average molecular weight is 433 g/mol. The average Bonchev–Trinajstić information content (AvgIpc) is 2.77. The molecule has 4 nitrogen and oxygen atoms in total. The molecule has 1 unspecified atom stereocenters. The van der Waals surface area contributed by atoms with E-state index >= 15 is 0 Å². The highest BCUT2D eigenvalue weighted by atomic mass is 31.2. The molecule has 0 saturated heterocycles. The second-order valence-corrected chi connectivity index (χ2v) is 9.63. The molecule has 4 aromatic rings. The number of nitrogens with one attached hydrogen (secondary N) is 1. The number of fused-ring (bicyclic) bond motifs is 2. The lowest BCUT2D eigenvalue weighted by Gasteiger charge is -2.30. The van der Waals surface area contributed by atoms with E-state index in [1.54, 1.807) is 0 Å². The molecule has 4 rings (SSSR count). The van der Waals surface area contributed by atoms with Crippen molar-refractivity contribution >= 4 is 34.8 Å². The molecular formula is C26H28NO3P. The van der Waals surface area contributed by atoms with E-state index in [1.165, 1.54) is 0 Å². The summed E-state index contributed by atoms with van der Waals surface area (Å²) in [5, 5.41) is 7.75. The monoisotopic (exact) mass is 433 g/mol. The van der Waals surface area contributed by atoms with Gasteiger partial charge in [0.1, 0.15) is 0 Å². The van der Waals surface area contributed by atoms with Crippen LogP contribution in [0.2, 0.25) is 0 Å². The van der Waals surface area contributed by atoms with Crippen LogP contribution in [0.1, 0.15) is 30.8 Å². The van der Waals surface area contributed by atoms with Gasteiger partial charge in [0, 0.05) is 11.3 Å². The zero-order valence-electron chi connectivity index (χ0n) is 18.2. The van der Waals surface area contributed by atoms with Crippen LogP contribution in [0.25, 0.3) is 21.5 Å². The van der Waals surface area contributed by atoms with Crippen molar-refractivity contribution in [3.63, 3.8) is 0 Å². The molecule has 1 atom stereocenters. The summed E-state index contributed by atoms with van der Waals surface area (Å²) in [6.45, 7) is 6.33. The predicted molar refractivity (Wildman–Crippen MR) is 130 cm³/mol. The molecule has 0 aliphatic rings. The van der Waals surface area contributed by atoms with Crippen molar-refractivity contribution in [2.75, 3.05) is 18.5 Å². The van der Waals surface area contributed by atoms with Crippen molar-refractivity contribution in [1.82, 2.24) is 0 Å². The highest BCUT2D eigenvalue weighted by molar-refractivity contribution is 7.54. The van der Waals surface area contributed by atoms with Crippen LogP contribution in [0, 0.1) is 6.92 Å². The number of rotatable bonds is 8. The summed E-state index contributed by atoms with van der Waals surface area (Å²) in [5.41, 5.74) is 2.96. The quantitative estimate of drug-likeness (QED) is 0.229. The SMILES string of the molecule is CCOP(=O)(OCC)C(Nc1ccc(C)cc1)c1c2ccccc2cc2ccccc12. The van der Waals surface area contributed by atoms with E-state index in [0.717, 1.165) is 38.4 Å². The normalized spacial score (nSPS) is 12.9. The molecule has 0 aliphatic heterocycles. The third kappa shape index (κ3) is 4.38. The molecule has 0 bridgehead atoms. The minimum atomic E-state index is -3.55. The first-order valence-electron chi connectivity index (χ1n) is 10.7. The highest BCUT2D eigenvalue weighted by Crippen LogP contribution is 2.62. The predicted octanol–water partition coefficient (Wildman–Crippen LogP) is 7.68. The second kappa shape index (κ2) is 9.23. The van der Waals surface area contributed by atoms with Crippen molar-refractivity contribution in [1.29, 1.82) is 0 Å². The van der Waals surface area contributed by atoms with E-state index in [0.29, 0.717) is 13.2 Å². The molecule has 0 saturated carbocycles. The Kier molecular flexibility index (Phi) is 6.43. The zero-order chi connectivity index (χ0) is 21.8. The molecule has 0 aliphatic carbocycles. The van der Waals surface area contributed by atoms with E-state index in [4.69, 9.17) is 9.05 Å². The Bertz CT molecular complexity index is 1170. The Labute approximate surface area is 183 Å². The van der Waals surface area contributed by atoms with E-state index < -0.39 is 13.4 Å². The van der Waals surface area contributed by atoms with Crippen molar-refractivity contribution in [2.45, 2.75) is 26.6 Å². The molecule has 0 amide bonds. The molecule has 0 radical (unpaired) electrons. The first kappa shape index (κ1) is 21.6. The molecule has 5 heteroatoms. The van der Waals surface area contributed by atoms with Crippen LogP contribution in [-0.2, 0) is 13.6 Å². The lowest BCUT2D eigenvalue weighted by Crippen LogP contribution is -2.16. The Hall–Kier alpha value is -2.65. The number of hydrogen-bond acceptors (Lipinski definition) is 4. The molecule has 0 aromatic heterocycles. The van der Waals surface area contributed by atoms with Crippen LogP contribution in [0.15, 0.2) is 78.9 Å². The largest absolute Gasteiger partial charge is 0.368 e. The zero-order valence-corrected chi connectivity index (χ0v) is 19.1. The maximum Gasteiger partial charge on any atom is 0.357 e. The van der Waals surface area contributed by atoms with Crippen LogP contribution in [0.3, 0.4) is 0 Å². The minimum absolute atomic E-state index is 0.298. The third-order valence-electron chi connectivity index (χ3n) is 5.38. The van der Waals surface area contributed by atoms with Crippen molar-refractivity contribution in [3.8, 4) is 0 Å². The minimum Gasteiger partial charge on any atom is -0.368 e. The Morgan fingerprint density at radius 2 is 1.32 bits per heavy atom. The molecule has 31 heavy (non-hydrogen) atoms. The van der Waals surface area contributed by atoms with Gasteiger partial charge in [-0.15, -0.1) is 0 Å². The van der Waals surface area contributed by atoms with Crippen molar-refractivity contribution in [3.05, 3.63) is 90.0 Å². The summed E-state index contributed by atoms with van der Waals surface area (Å²) in [6.07, 6.45) is 0. The third-order valence-corrected chi connectivity index (χ3v) is 7.63. The first-order valence-corrected chi connectivity index (χ1v) is 12.3. The summed E-state index contributed by atoms with van der Waals surface area (Å²) < 4.78 is 25.9. The summed E-state index contributed by atoms with van der Waals surface area (Å²) in [7, 11) is -3.55. The Morgan fingerprint density at radius 3 is 1.84 bits per heavy atom. The van der Waals surface area contributed by atoms with Gasteiger partial charge in [-0.2, -0.15) is 0 Å². The van der Waals surface area contributed by atoms with Crippen LogP contribution >= 0.6 is 7.60 Å². The smallest absolute Gasteiger partial charge is 0.357 e. The number of hydrogen-bond donors (Lipinski definition) is 1. The van der Waals surface area contributed by atoms with Gasteiger partial charge in [-0.1, -0.05) is 66.2 Å². The summed E-state index contributed by atoms with van der Waals surface area (Å²) >= 11 is 0. The number of benzene rings is 4. The van der Waals surface area contributed by atoms with Crippen LogP contribution in [0.4, 0.5) is 5.69 Å². The van der Waals surface area contributed by atoms with Crippen LogP contribution in [0.5, 0.6) is 0 Å². The van der Waals surface area contributed by atoms with Gasteiger partial charge in [0.15, 0.2) is 5.78 Å². The van der Waals surface area contributed by atoms with Gasteiger partial charge in [-0.25, -0.2) is 0 Å². The van der Waals surface area contributed by atoms with Gasteiger partial charge in [-0.05, 0) is 60.5 Å². The van der Waals surface area contributed by atoms with E-state index in [-0.39, 0.29) is 0 Å². The lowest BCUT2D eigenvalue weighted by molar-refractivity contribution is 0.214. The number of aryl methyl sites for hydroxylation is 1.